The molecule has 0 bridgehead atoms. The summed E-state index contributed by atoms with van der Waals surface area (Å²) in [5, 5.41) is 3.66. The largest absolute Gasteiger partial charge is 0.494 e. The molecule has 0 fully saturated rings. The van der Waals surface area contributed by atoms with Crippen molar-refractivity contribution in [3.8, 4) is 5.75 Å². The van der Waals surface area contributed by atoms with Crippen LogP contribution >= 0.6 is 0 Å². The number of benzene rings is 3. The monoisotopic (exact) mass is 369 g/mol. The number of hydrogen-bond acceptors (Lipinski definition) is 3. The van der Waals surface area contributed by atoms with E-state index >= 15 is 0 Å². The molecule has 140 valence electrons. The molecular formula is C24H23N3O. The summed E-state index contributed by atoms with van der Waals surface area (Å²) in [4.78, 5) is 4.89. The van der Waals surface area contributed by atoms with Gasteiger partial charge in [0.15, 0.2) is 0 Å². The van der Waals surface area contributed by atoms with Crippen LogP contribution in [0.15, 0.2) is 78.9 Å². The number of imidazole rings is 1. The number of anilines is 1. The van der Waals surface area contributed by atoms with Gasteiger partial charge in [-0.15, -0.1) is 0 Å². The average Bonchev–Trinajstić information content (AvgIpc) is 3.13. The molecule has 0 saturated carbocycles. The molecule has 1 aliphatic heterocycles. The molecule has 0 aliphatic carbocycles. The zero-order valence-corrected chi connectivity index (χ0v) is 15.9. The second kappa shape index (κ2) is 7.04. The highest BCUT2D eigenvalue weighted by Gasteiger charge is 2.32. The normalized spacial score (nSPS) is 18.5. The van der Waals surface area contributed by atoms with Gasteiger partial charge in [0.2, 0.25) is 5.95 Å². The standard InChI is InChI=1S/C24H23N3O/c1-2-28-23-15-9-6-12-18(23)22-16-20(17-10-4-3-5-11-17)26-24-25-19-13-7-8-14-21(19)27(22)24/h3-15,20,22H,2,16H2,1H3,(H,25,26). The van der Waals surface area contributed by atoms with Gasteiger partial charge in [-0.2, -0.15) is 0 Å². The first kappa shape index (κ1) is 16.9. The van der Waals surface area contributed by atoms with Crippen LogP contribution in [0.25, 0.3) is 11.0 Å². The van der Waals surface area contributed by atoms with E-state index in [1.54, 1.807) is 0 Å². The van der Waals surface area contributed by atoms with Crippen LogP contribution in [0.2, 0.25) is 0 Å². The van der Waals surface area contributed by atoms with E-state index in [0.717, 1.165) is 29.2 Å². The SMILES string of the molecule is CCOc1ccccc1C1CC(c2ccccc2)Nc2nc3ccccc3n21. The van der Waals surface area contributed by atoms with E-state index in [1.807, 2.05) is 19.1 Å². The maximum atomic E-state index is 5.98. The average molecular weight is 369 g/mol. The maximum absolute atomic E-state index is 5.98. The van der Waals surface area contributed by atoms with Crippen LogP contribution in [0.1, 0.15) is 36.6 Å². The molecule has 28 heavy (non-hydrogen) atoms. The van der Waals surface area contributed by atoms with E-state index in [0.29, 0.717) is 6.61 Å². The van der Waals surface area contributed by atoms with Gasteiger partial charge < -0.3 is 14.6 Å². The Kier molecular flexibility index (Phi) is 4.24. The van der Waals surface area contributed by atoms with Crippen LogP contribution in [0.4, 0.5) is 5.95 Å². The fourth-order valence-corrected chi connectivity index (χ4v) is 4.22. The Morgan fingerprint density at radius 1 is 0.964 bits per heavy atom. The fraction of sp³-hybridized carbons (Fsp3) is 0.208. The highest BCUT2D eigenvalue weighted by molar-refractivity contribution is 5.79. The Bertz CT molecular complexity index is 1100. The predicted molar refractivity (Wildman–Crippen MR) is 113 cm³/mol. The van der Waals surface area contributed by atoms with E-state index in [4.69, 9.17) is 9.72 Å². The Hall–Kier alpha value is -3.27. The summed E-state index contributed by atoms with van der Waals surface area (Å²) in [7, 11) is 0. The molecule has 1 aliphatic rings. The van der Waals surface area contributed by atoms with Gasteiger partial charge in [-0.05, 0) is 37.1 Å². The van der Waals surface area contributed by atoms with Crippen LogP contribution in [0, 0.1) is 0 Å². The third-order valence-electron chi connectivity index (χ3n) is 5.45. The lowest BCUT2D eigenvalue weighted by Crippen LogP contribution is -2.27. The summed E-state index contributed by atoms with van der Waals surface area (Å²) in [6, 6.07) is 27.7. The summed E-state index contributed by atoms with van der Waals surface area (Å²) < 4.78 is 8.31. The van der Waals surface area contributed by atoms with Gasteiger partial charge in [0.1, 0.15) is 5.75 Å². The van der Waals surface area contributed by atoms with Crippen molar-refractivity contribution in [2.75, 3.05) is 11.9 Å². The number of fused-ring (bicyclic) bond motifs is 3. The Balaban J connectivity index is 1.69. The minimum Gasteiger partial charge on any atom is -0.494 e. The molecule has 3 aromatic carbocycles. The predicted octanol–water partition coefficient (Wildman–Crippen LogP) is 5.58. The van der Waals surface area contributed by atoms with Gasteiger partial charge in [-0.25, -0.2) is 4.98 Å². The summed E-state index contributed by atoms with van der Waals surface area (Å²) >= 11 is 0. The smallest absolute Gasteiger partial charge is 0.204 e. The molecule has 0 saturated heterocycles. The van der Waals surface area contributed by atoms with Crippen molar-refractivity contribution >= 4 is 17.0 Å². The molecule has 2 atom stereocenters. The van der Waals surface area contributed by atoms with Crippen molar-refractivity contribution < 1.29 is 4.74 Å². The molecule has 0 radical (unpaired) electrons. The molecule has 1 aromatic heterocycles. The molecule has 2 unspecified atom stereocenters. The van der Waals surface area contributed by atoms with Gasteiger partial charge in [0, 0.05) is 5.56 Å². The van der Waals surface area contributed by atoms with Crippen LogP contribution < -0.4 is 10.1 Å². The summed E-state index contributed by atoms with van der Waals surface area (Å²) in [5.74, 6) is 1.87. The lowest BCUT2D eigenvalue weighted by Gasteiger charge is -2.34. The van der Waals surface area contributed by atoms with Crippen molar-refractivity contribution in [2.45, 2.75) is 25.4 Å². The van der Waals surface area contributed by atoms with Crippen LogP contribution in [-0.2, 0) is 0 Å². The van der Waals surface area contributed by atoms with E-state index < -0.39 is 0 Å². The number of ether oxygens (including phenoxy) is 1. The fourth-order valence-electron chi connectivity index (χ4n) is 4.22. The quantitative estimate of drug-likeness (QED) is 0.510. The van der Waals surface area contributed by atoms with Crippen LogP contribution in [0.3, 0.4) is 0 Å². The lowest BCUT2D eigenvalue weighted by atomic mass is 9.92. The first-order chi connectivity index (χ1) is 13.8. The number of nitrogens with zero attached hydrogens (tertiary/aromatic N) is 2. The summed E-state index contributed by atoms with van der Waals surface area (Å²) in [5.41, 5.74) is 4.64. The van der Waals surface area contributed by atoms with E-state index in [2.05, 4.69) is 76.6 Å². The topological polar surface area (TPSA) is 39.1 Å². The number of nitrogens with one attached hydrogen (secondary N) is 1. The second-order valence-electron chi connectivity index (χ2n) is 7.12. The first-order valence-electron chi connectivity index (χ1n) is 9.85. The molecule has 4 aromatic rings. The Labute approximate surface area is 164 Å². The van der Waals surface area contributed by atoms with Gasteiger partial charge in [-0.3, -0.25) is 0 Å². The van der Waals surface area contributed by atoms with Gasteiger partial charge >= 0.3 is 0 Å². The van der Waals surface area contributed by atoms with Crippen molar-refractivity contribution in [1.29, 1.82) is 0 Å². The van der Waals surface area contributed by atoms with Gasteiger partial charge in [0.25, 0.3) is 0 Å². The van der Waals surface area contributed by atoms with Gasteiger partial charge in [0.05, 0.1) is 29.7 Å². The van der Waals surface area contributed by atoms with Crippen molar-refractivity contribution in [1.82, 2.24) is 9.55 Å². The Morgan fingerprint density at radius 2 is 1.71 bits per heavy atom. The summed E-state index contributed by atoms with van der Waals surface area (Å²) in [6.45, 7) is 2.69. The van der Waals surface area contributed by atoms with Gasteiger partial charge in [-0.1, -0.05) is 60.7 Å². The number of aromatic nitrogens is 2. The minimum absolute atomic E-state index is 0.150. The molecule has 4 nitrogen and oxygen atoms in total. The van der Waals surface area contributed by atoms with Crippen molar-refractivity contribution in [3.63, 3.8) is 0 Å². The van der Waals surface area contributed by atoms with E-state index in [1.165, 1.54) is 11.1 Å². The first-order valence-corrected chi connectivity index (χ1v) is 9.85. The van der Waals surface area contributed by atoms with Crippen LogP contribution in [0.5, 0.6) is 5.75 Å². The van der Waals surface area contributed by atoms with E-state index in [-0.39, 0.29) is 12.1 Å². The molecular weight excluding hydrogens is 346 g/mol. The zero-order chi connectivity index (χ0) is 18.9. The van der Waals surface area contributed by atoms with Crippen molar-refractivity contribution in [2.24, 2.45) is 0 Å². The molecule has 0 amide bonds. The molecule has 2 heterocycles. The zero-order valence-electron chi connectivity index (χ0n) is 15.9. The number of hydrogen-bond donors (Lipinski definition) is 1. The molecule has 4 heteroatoms. The maximum Gasteiger partial charge on any atom is 0.204 e. The third-order valence-corrected chi connectivity index (χ3v) is 5.45. The van der Waals surface area contributed by atoms with Crippen LogP contribution in [-0.4, -0.2) is 16.2 Å². The summed E-state index contributed by atoms with van der Waals surface area (Å²) in [6.07, 6.45) is 0.932. The molecule has 5 rings (SSSR count). The Morgan fingerprint density at radius 3 is 2.57 bits per heavy atom. The van der Waals surface area contributed by atoms with E-state index in [9.17, 15) is 0 Å². The van der Waals surface area contributed by atoms with Crippen molar-refractivity contribution in [3.05, 3.63) is 90.0 Å². The highest BCUT2D eigenvalue weighted by Crippen LogP contribution is 2.43. The second-order valence-corrected chi connectivity index (χ2v) is 7.12. The number of rotatable bonds is 4. The highest BCUT2D eigenvalue weighted by atomic mass is 16.5. The molecule has 1 N–H and O–H groups in total. The lowest BCUT2D eigenvalue weighted by molar-refractivity contribution is 0.329. The number of para-hydroxylation sites is 3. The third kappa shape index (κ3) is 2.82. The minimum atomic E-state index is 0.150. The molecule has 0 spiro atoms.